The third kappa shape index (κ3) is 1.84. The van der Waals surface area contributed by atoms with Crippen molar-refractivity contribution >= 4 is 23.0 Å². The molecular formula is C16H13N3O3. The Morgan fingerprint density at radius 3 is 2.73 bits per heavy atom. The fourth-order valence-corrected chi connectivity index (χ4v) is 3.35. The first-order valence-corrected chi connectivity index (χ1v) is 7.07. The summed E-state index contributed by atoms with van der Waals surface area (Å²) in [6, 6.07) is 12.4. The van der Waals surface area contributed by atoms with Crippen LogP contribution >= 0.6 is 0 Å². The fourth-order valence-electron chi connectivity index (χ4n) is 3.35. The zero-order valence-corrected chi connectivity index (χ0v) is 11.6. The second kappa shape index (κ2) is 4.56. The van der Waals surface area contributed by atoms with Crippen molar-refractivity contribution in [2.45, 2.75) is 18.4 Å². The van der Waals surface area contributed by atoms with Gasteiger partial charge in [0.25, 0.3) is 5.69 Å². The maximum absolute atomic E-state index is 12.1. The van der Waals surface area contributed by atoms with Crippen molar-refractivity contribution in [2.24, 2.45) is 0 Å². The van der Waals surface area contributed by atoms with Crippen LogP contribution in [0, 0.1) is 10.1 Å². The van der Waals surface area contributed by atoms with Gasteiger partial charge in [-0.15, -0.1) is 0 Å². The van der Waals surface area contributed by atoms with E-state index in [9.17, 15) is 14.9 Å². The molecule has 6 heteroatoms. The summed E-state index contributed by atoms with van der Waals surface area (Å²) in [6.07, 6.45) is 0.306. The van der Waals surface area contributed by atoms with Crippen molar-refractivity contribution < 1.29 is 9.72 Å². The third-order valence-electron chi connectivity index (χ3n) is 4.33. The number of carbonyl (C=O) groups is 1. The lowest BCUT2D eigenvalue weighted by Crippen LogP contribution is -2.13. The van der Waals surface area contributed by atoms with E-state index in [4.69, 9.17) is 0 Å². The molecule has 0 radical (unpaired) electrons. The van der Waals surface area contributed by atoms with Crippen LogP contribution in [0.25, 0.3) is 0 Å². The number of benzene rings is 2. The Hall–Kier alpha value is -2.89. The van der Waals surface area contributed by atoms with E-state index in [1.54, 1.807) is 12.1 Å². The van der Waals surface area contributed by atoms with E-state index in [2.05, 4.69) is 10.6 Å². The van der Waals surface area contributed by atoms with E-state index in [0.717, 1.165) is 22.5 Å². The van der Waals surface area contributed by atoms with Crippen LogP contribution in [-0.4, -0.2) is 10.8 Å². The average molecular weight is 295 g/mol. The minimum Gasteiger partial charge on any atom is -0.377 e. The first kappa shape index (κ1) is 12.8. The molecular weight excluding hydrogens is 282 g/mol. The van der Waals surface area contributed by atoms with Gasteiger partial charge in [0.1, 0.15) is 0 Å². The quantitative estimate of drug-likeness (QED) is 0.625. The Bertz CT molecular complexity index is 803. The van der Waals surface area contributed by atoms with Gasteiger partial charge in [0, 0.05) is 35.8 Å². The molecule has 110 valence electrons. The fraction of sp³-hybridized carbons (Fsp3) is 0.188. The molecule has 2 atom stereocenters. The molecule has 22 heavy (non-hydrogen) atoms. The lowest BCUT2D eigenvalue weighted by Gasteiger charge is -2.18. The molecule has 0 saturated heterocycles. The van der Waals surface area contributed by atoms with Crippen molar-refractivity contribution in [1.29, 1.82) is 0 Å². The number of amides is 1. The molecule has 2 aromatic carbocycles. The number of nitro groups is 1. The zero-order chi connectivity index (χ0) is 15.3. The number of rotatable bonds is 1. The van der Waals surface area contributed by atoms with Crippen LogP contribution in [-0.2, 0) is 4.79 Å². The van der Waals surface area contributed by atoms with Crippen LogP contribution < -0.4 is 10.6 Å². The molecule has 2 aromatic rings. The van der Waals surface area contributed by atoms with Gasteiger partial charge in [-0.1, -0.05) is 18.2 Å². The number of fused-ring (bicyclic) bond motifs is 5. The zero-order valence-electron chi connectivity index (χ0n) is 11.6. The number of anilines is 2. The largest absolute Gasteiger partial charge is 0.377 e. The predicted molar refractivity (Wildman–Crippen MR) is 81.9 cm³/mol. The van der Waals surface area contributed by atoms with E-state index in [1.807, 2.05) is 24.3 Å². The number of nitro benzene ring substituents is 1. The monoisotopic (exact) mass is 295 g/mol. The van der Waals surface area contributed by atoms with Gasteiger partial charge in [0.05, 0.1) is 11.0 Å². The average Bonchev–Trinajstić information content (AvgIpc) is 2.78. The summed E-state index contributed by atoms with van der Waals surface area (Å²) < 4.78 is 0. The summed E-state index contributed by atoms with van der Waals surface area (Å²) in [4.78, 5) is 22.7. The molecule has 0 aliphatic carbocycles. The normalized spacial score (nSPS) is 21.7. The first-order valence-electron chi connectivity index (χ1n) is 7.07. The second-order valence-corrected chi connectivity index (χ2v) is 5.60. The summed E-state index contributed by atoms with van der Waals surface area (Å²) in [5.74, 6) is -0.167. The second-order valence-electron chi connectivity index (χ2n) is 5.60. The molecule has 2 aliphatic rings. The Balaban J connectivity index is 1.85. The van der Waals surface area contributed by atoms with E-state index >= 15 is 0 Å². The number of non-ortho nitro benzene ring substituents is 1. The molecule has 2 unspecified atom stereocenters. The van der Waals surface area contributed by atoms with Crippen LogP contribution in [0.1, 0.15) is 29.5 Å². The summed E-state index contributed by atoms with van der Waals surface area (Å²) in [5, 5.41) is 17.3. The molecule has 0 fully saturated rings. The van der Waals surface area contributed by atoms with E-state index < -0.39 is 4.92 Å². The molecule has 0 aromatic heterocycles. The highest BCUT2D eigenvalue weighted by Gasteiger charge is 2.38. The Morgan fingerprint density at radius 2 is 1.91 bits per heavy atom. The molecule has 1 amide bonds. The van der Waals surface area contributed by atoms with Gasteiger partial charge in [-0.3, -0.25) is 14.9 Å². The summed E-state index contributed by atoms with van der Waals surface area (Å²) in [6.45, 7) is 0. The maximum Gasteiger partial charge on any atom is 0.269 e. The minimum absolute atomic E-state index is 0.0489. The van der Waals surface area contributed by atoms with Gasteiger partial charge in [-0.25, -0.2) is 0 Å². The maximum atomic E-state index is 12.1. The molecule has 2 aliphatic heterocycles. The number of nitrogens with zero attached hydrogens (tertiary/aromatic N) is 1. The highest BCUT2D eigenvalue weighted by molar-refractivity contribution is 5.94. The van der Waals surface area contributed by atoms with Crippen molar-refractivity contribution in [3.63, 3.8) is 0 Å². The molecule has 4 rings (SSSR count). The van der Waals surface area contributed by atoms with Gasteiger partial charge in [0.15, 0.2) is 0 Å². The minimum atomic E-state index is -0.404. The van der Waals surface area contributed by atoms with Crippen molar-refractivity contribution in [1.82, 2.24) is 0 Å². The van der Waals surface area contributed by atoms with Crippen molar-refractivity contribution in [3.05, 3.63) is 63.7 Å². The SMILES string of the molecule is O=C1CC2c3cc([N+](=O)[O-])ccc3NC2c2ccccc2N1. The molecule has 0 bridgehead atoms. The topological polar surface area (TPSA) is 84.3 Å². The van der Waals surface area contributed by atoms with Crippen LogP contribution in [0.2, 0.25) is 0 Å². The lowest BCUT2D eigenvalue weighted by molar-refractivity contribution is -0.384. The highest BCUT2D eigenvalue weighted by atomic mass is 16.6. The summed E-state index contributed by atoms with van der Waals surface area (Å²) in [5.41, 5.74) is 3.57. The lowest BCUT2D eigenvalue weighted by atomic mass is 9.88. The summed E-state index contributed by atoms with van der Waals surface area (Å²) >= 11 is 0. The van der Waals surface area contributed by atoms with Crippen LogP contribution in [0.15, 0.2) is 42.5 Å². The van der Waals surface area contributed by atoms with Gasteiger partial charge >= 0.3 is 0 Å². The van der Waals surface area contributed by atoms with Crippen LogP contribution in [0.5, 0.6) is 0 Å². The smallest absolute Gasteiger partial charge is 0.269 e. The predicted octanol–water partition coefficient (Wildman–Crippen LogP) is 3.19. The highest BCUT2D eigenvalue weighted by Crippen LogP contribution is 2.49. The number of hydrogen-bond donors (Lipinski definition) is 2. The third-order valence-corrected chi connectivity index (χ3v) is 4.33. The molecule has 2 N–H and O–H groups in total. The van der Waals surface area contributed by atoms with Gasteiger partial charge in [0.2, 0.25) is 5.91 Å². The summed E-state index contributed by atoms with van der Waals surface area (Å²) in [7, 11) is 0. The van der Waals surface area contributed by atoms with Crippen molar-refractivity contribution in [2.75, 3.05) is 10.6 Å². The first-order chi connectivity index (χ1) is 10.6. The van der Waals surface area contributed by atoms with E-state index in [1.165, 1.54) is 6.07 Å². The van der Waals surface area contributed by atoms with Crippen molar-refractivity contribution in [3.8, 4) is 0 Å². The number of hydrogen-bond acceptors (Lipinski definition) is 4. The van der Waals surface area contributed by atoms with E-state index in [-0.39, 0.29) is 23.6 Å². The van der Waals surface area contributed by atoms with Gasteiger partial charge in [-0.2, -0.15) is 0 Å². The molecule has 0 spiro atoms. The van der Waals surface area contributed by atoms with Gasteiger partial charge < -0.3 is 10.6 Å². The number of carbonyl (C=O) groups excluding carboxylic acids is 1. The van der Waals surface area contributed by atoms with Gasteiger partial charge in [-0.05, 0) is 23.3 Å². The molecule has 6 nitrogen and oxygen atoms in total. The number of nitrogens with one attached hydrogen (secondary N) is 2. The van der Waals surface area contributed by atoms with Crippen LogP contribution in [0.3, 0.4) is 0 Å². The molecule has 0 saturated carbocycles. The standard InChI is InChI=1S/C16H13N3O3/c20-15-8-12-11-7-9(19(21)22)5-6-14(11)18-16(12)10-3-1-2-4-13(10)17-15/h1-7,12,16,18H,8H2,(H,17,20). The Kier molecular flexibility index (Phi) is 2.66. The Labute approximate surface area is 126 Å². The van der Waals surface area contributed by atoms with E-state index in [0.29, 0.717) is 6.42 Å². The van der Waals surface area contributed by atoms with Crippen LogP contribution in [0.4, 0.5) is 17.1 Å². The molecule has 2 heterocycles. The Morgan fingerprint density at radius 1 is 1.09 bits per heavy atom. The number of para-hydroxylation sites is 1.